The highest BCUT2D eigenvalue weighted by Gasteiger charge is 2.16. The molecule has 0 saturated carbocycles. The van der Waals surface area contributed by atoms with Crippen LogP contribution in [0, 0.1) is 6.92 Å². The van der Waals surface area contributed by atoms with E-state index in [1.807, 2.05) is 0 Å². The first-order valence-electron chi connectivity index (χ1n) is 7.35. The quantitative estimate of drug-likeness (QED) is 0.706. The number of nitrogens with one attached hydrogen (secondary N) is 1. The Hall–Kier alpha value is -1.86. The lowest BCUT2D eigenvalue weighted by Gasteiger charge is -2.09. The van der Waals surface area contributed by atoms with Gasteiger partial charge in [-0.1, -0.05) is 0 Å². The maximum Gasteiger partial charge on any atom is 0.339 e. The minimum Gasteiger partial charge on any atom is -0.478 e. The summed E-state index contributed by atoms with van der Waals surface area (Å²) in [5, 5.41) is 11.6. The second-order valence-electron chi connectivity index (χ2n) is 5.22. The Balaban J connectivity index is 1.62. The number of aromatic carboxylic acids is 1. The van der Waals surface area contributed by atoms with Gasteiger partial charge in [-0.3, -0.25) is 4.79 Å². The summed E-state index contributed by atoms with van der Waals surface area (Å²) in [5.41, 5.74) is 0.115. The molecule has 7 nitrogen and oxygen atoms in total. The molecule has 1 aromatic heterocycles. The predicted molar refractivity (Wildman–Crippen MR) is 76.7 cm³/mol. The number of aryl methyl sites for hydroxylation is 1. The second-order valence-corrected chi connectivity index (χ2v) is 5.22. The van der Waals surface area contributed by atoms with Crippen molar-refractivity contribution in [1.29, 1.82) is 0 Å². The largest absolute Gasteiger partial charge is 0.478 e. The van der Waals surface area contributed by atoms with Crippen molar-refractivity contribution in [1.82, 2.24) is 5.32 Å². The number of carbonyl (C=O) groups is 2. The van der Waals surface area contributed by atoms with Crippen LogP contribution in [-0.4, -0.2) is 42.9 Å². The van der Waals surface area contributed by atoms with E-state index >= 15 is 0 Å². The summed E-state index contributed by atoms with van der Waals surface area (Å²) >= 11 is 0. The van der Waals surface area contributed by atoms with Crippen molar-refractivity contribution < 1.29 is 28.6 Å². The van der Waals surface area contributed by atoms with Crippen molar-refractivity contribution in [2.75, 3.05) is 19.8 Å². The SMILES string of the molecule is Cc1oc(CNC(=O)CCOC[C@@H]2CCCO2)cc1C(=O)O. The summed E-state index contributed by atoms with van der Waals surface area (Å²) in [6.07, 6.45) is 2.48. The third-order valence-electron chi connectivity index (χ3n) is 3.46. The normalized spacial score (nSPS) is 17.6. The number of amides is 1. The average molecular weight is 311 g/mol. The zero-order valence-corrected chi connectivity index (χ0v) is 12.6. The zero-order valence-electron chi connectivity index (χ0n) is 12.6. The van der Waals surface area contributed by atoms with Crippen LogP contribution in [0.5, 0.6) is 0 Å². The maximum atomic E-state index is 11.7. The Bertz CT molecular complexity index is 518. The number of carbonyl (C=O) groups excluding carboxylic acids is 1. The number of ether oxygens (including phenoxy) is 2. The first kappa shape index (κ1) is 16.5. The van der Waals surface area contributed by atoms with Gasteiger partial charge in [-0.15, -0.1) is 0 Å². The Morgan fingerprint density at radius 1 is 1.50 bits per heavy atom. The van der Waals surface area contributed by atoms with E-state index in [2.05, 4.69) is 5.32 Å². The van der Waals surface area contributed by atoms with Gasteiger partial charge in [0.15, 0.2) is 0 Å². The second kappa shape index (κ2) is 7.95. The molecule has 2 rings (SSSR count). The van der Waals surface area contributed by atoms with E-state index in [0.29, 0.717) is 24.7 Å². The molecule has 0 aliphatic carbocycles. The molecule has 1 aliphatic heterocycles. The van der Waals surface area contributed by atoms with Gasteiger partial charge >= 0.3 is 5.97 Å². The van der Waals surface area contributed by atoms with Crippen molar-refractivity contribution in [3.8, 4) is 0 Å². The van der Waals surface area contributed by atoms with Crippen LogP contribution in [0.4, 0.5) is 0 Å². The molecule has 0 spiro atoms. The van der Waals surface area contributed by atoms with Gasteiger partial charge in [0.25, 0.3) is 0 Å². The van der Waals surface area contributed by atoms with E-state index in [1.165, 1.54) is 6.07 Å². The molecule has 2 heterocycles. The van der Waals surface area contributed by atoms with Gasteiger partial charge in [0.05, 0.1) is 25.9 Å². The van der Waals surface area contributed by atoms with E-state index in [4.69, 9.17) is 19.0 Å². The average Bonchev–Trinajstić information content (AvgIpc) is 3.10. The van der Waals surface area contributed by atoms with E-state index in [9.17, 15) is 9.59 Å². The fourth-order valence-corrected chi connectivity index (χ4v) is 2.27. The summed E-state index contributed by atoms with van der Waals surface area (Å²) < 4.78 is 16.1. The van der Waals surface area contributed by atoms with Crippen LogP contribution in [0.2, 0.25) is 0 Å². The third-order valence-corrected chi connectivity index (χ3v) is 3.46. The summed E-state index contributed by atoms with van der Waals surface area (Å²) in [6, 6.07) is 1.42. The van der Waals surface area contributed by atoms with Crippen LogP contribution in [0.3, 0.4) is 0 Å². The van der Waals surface area contributed by atoms with Gasteiger partial charge in [0.1, 0.15) is 17.1 Å². The lowest BCUT2D eigenvalue weighted by atomic mass is 10.2. The summed E-state index contributed by atoms with van der Waals surface area (Å²) in [5.74, 6) is -0.459. The first-order valence-corrected chi connectivity index (χ1v) is 7.35. The highest BCUT2D eigenvalue weighted by Crippen LogP contribution is 2.14. The number of hydrogen-bond donors (Lipinski definition) is 2. The van der Waals surface area contributed by atoms with Crippen molar-refractivity contribution in [2.45, 2.75) is 38.8 Å². The zero-order chi connectivity index (χ0) is 15.9. The molecule has 22 heavy (non-hydrogen) atoms. The molecule has 2 N–H and O–H groups in total. The van der Waals surface area contributed by atoms with Crippen LogP contribution < -0.4 is 5.32 Å². The predicted octanol–water partition coefficient (Wildman–Crippen LogP) is 1.49. The Labute approximate surface area is 128 Å². The highest BCUT2D eigenvalue weighted by atomic mass is 16.5. The third kappa shape index (κ3) is 4.85. The van der Waals surface area contributed by atoms with Crippen LogP contribution in [0.25, 0.3) is 0 Å². The molecule has 0 unspecified atom stereocenters. The molecule has 1 amide bonds. The van der Waals surface area contributed by atoms with Crippen LogP contribution in [0.1, 0.15) is 41.1 Å². The monoisotopic (exact) mass is 311 g/mol. The number of furan rings is 1. The van der Waals surface area contributed by atoms with Gasteiger partial charge in [-0.05, 0) is 25.8 Å². The molecule has 1 fully saturated rings. The Morgan fingerprint density at radius 3 is 2.95 bits per heavy atom. The summed E-state index contributed by atoms with van der Waals surface area (Å²) in [4.78, 5) is 22.5. The molecule has 122 valence electrons. The molecule has 1 aromatic rings. The highest BCUT2D eigenvalue weighted by molar-refractivity contribution is 5.88. The van der Waals surface area contributed by atoms with E-state index in [-0.39, 0.29) is 30.5 Å². The number of hydrogen-bond acceptors (Lipinski definition) is 5. The van der Waals surface area contributed by atoms with Crippen LogP contribution in [-0.2, 0) is 20.8 Å². The molecule has 0 bridgehead atoms. The topological polar surface area (TPSA) is 98.0 Å². The summed E-state index contributed by atoms with van der Waals surface area (Å²) in [6.45, 7) is 3.39. The lowest BCUT2D eigenvalue weighted by molar-refractivity contribution is -0.122. The van der Waals surface area contributed by atoms with Crippen LogP contribution >= 0.6 is 0 Å². The molecular formula is C15H21NO6. The molecule has 0 aromatic carbocycles. The van der Waals surface area contributed by atoms with Gasteiger partial charge in [-0.2, -0.15) is 0 Å². The maximum absolute atomic E-state index is 11.7. The van der Waals surface area contributed by atoms with Gasteiger partial charge in [0.2, 0.25) is 5.91 Å². The van der Waals surface area contributed by atoms with Crippen LogP contribution in [0.15, 0.2) is 10.5 Å². The summed E-state index contributed by atoms with van der Waals surface area (Å²) in [7, 11) is 0. The van der Waals surface area contributed by atoms with E-state index in [0.717, 1.165) is 19.4 Å². The Morgan fingerprint density at radius 2 is 2.32 bits per heavy atom. The molecular weight excluding hydrogens is 290 g/mol. The number of carboxylic acid groups (broad SMARTS) is 1. The first-order chi connectivity index (χ1) is 10.6. The molecule has 1 saturated heterocycles. The van der Waals surface area contributed by atoms with Gasteiger partial charge in [0, 0.05) is 13.0 Å². The molecule has 1 aliphatic rings. The lowest BCUT2D eigenvalue weighted by Crippen LogP contribution is -2.24. The van der Waals surface area contributed by atoms with E-state index < -0.39 is 5.97 Å². The molecule has 0 radical (unpaired) electrons. The molecule has 7 heteroatoms. The van der Waals surface area contributed by atoms with Crippen molar-refractivity contribution in [3.63, 3.8) is 0 Å². The molecule has 1 atom stereocenters. The van der Waals surface area contributed by atoms with E-state index in [1.54, 1.807) is 6.92 Å². The minimum absolute atomic E-state index is 0.115. The Kier molecular flexibility index (Phi) is 5.97. The number of rotatable bonds is 8. The van der Waals surface area contributed by atoms with Crippen molar-refractivity contribution in [2.24, 2.45) is 0 Å². The van der Waals surface area contributed by atoms with Gasteiger partial charge < -0.3 is 24.3 Å². The van der Waals surface area contributed by atoms with Crippen molar-refractivity contribution in [3.05, 3.63) is 23.2 Å². The fraction of sp³-hybridized carbons (Fsp3) is 0.600. The van der Waals surface area contributed by atoms with Crippen molar-refractivity contribution >= 4 is 11.9 Å². The minimum atomic E-state index is -1.04. The van der Waals surface area contributed by atoms with Gasteiger partial charge in [-0.25, -0.2) is 4.79 Å². The smallest absolute Gasteiger partial charge is 0.339 e. The number of carboxylic acids is 1. The standard InChI is InChI=1S/C15H21NO6/c1-10-13(15(18)19)7-12(22-10)8-16-14(17)4-6-20-9-11-3-2-5-21-11/h7,11H,2-6,8-9H2,1H3,(H,16,17)(H,18,19)/t11-/m0/s1. The fourth-order valence-electron chi connectivity index (χ4n) is 2.27.